The molecule has 0 aliphatic carbocycles. The Morgan fingerprint density at radius 2 is 1.82 bits per heavy atom. The number of benzene rings is 2. The molecule has 174 valence electrons. The molecule has 4 aromatic rings. The first-order valence-corrected chi connectivity index (χ1v) is 10.3. The molecule has 3 N–H and O–H groups in total. The predicted molar refractivity (Wildman–Crippen MR) is 120 cm³/mol. The number of primary amides is 1. The fraction of sp³-hybridized carbons (Fsp3) is 0.130. The van der Waals surface area contributed by atoms with Gasteiger partial charge >= 0.3 is 0 Å². The van der Waals surface area contributed by atoms with Gasteiger partial charge in [0.2, 0.25) is 0 Å². The van der Waals surface area contributed by atoms with Crippen molar-refractivity contribution >= 4 is 40.0 Å². The highest BCUT2D eigenvalue weighted by atomic mass is 35.5. The van der Waals surface area contributed by atoms with E-state index in [1.807, 2.05) is 0 Å². The highest BCUT2D eigenvalue weighted by Gasteiger charge is 2.21. The monoisotopic (exact) mass is 487 g/mol. The zero-order valence-electron chi connectivity index (χ0n) is 17.9. The van der Waals surface area contributed by atoms with Gasteiger partial charge in [0.15, 0.2) is 0 Å². The molecule has 0 bridgehead atoms. The lowest BCUT2D eigenvalue weighted by molar-refractivity contribution is 0.0996. The van der Waals surface area contributed by atoms with Crippen LogP contribution in [0.5, 0.6) is 0 Å². The van der Waals surface area contributed by atoms with Crippen LogP contribution in [0.1, 0.15) is 37.8 Å². The molecule has 2 heterocycles. The summed E-state index contributed by atoms with van der Waals surface area (Å²) in [5, 5.41) is 7.05. The Bertz CT molecular complexity index is 1490. The highest BCUT2D eigenvalue weighted by molar-refractivity contribution is 6.31. The van der Waals surface area contributed by atoms with E-state index in [2.05, 4.69) is 15.4 Å². The van der Waals surface area contributed by atoms with Crippen LogP contribution < -0.4 is 11.1 Å². The molecule has 2 aromatic carbocycles. The van der Waals surface area contributed by atoms with Gasteiger partial charge in [0.05, 0.1) is 39.7 Å². The third kappa shape index (κ3) is 4.32. The minimum absolute atomic E-state index is 0.00294. The van der Waals surface area contributed by atoms with Gasteiger partial charge in [-0.1, -0.05) is 17.7 Å². The van der Waals surface area contributed by atoms with Gasteiger partial charge in [0, 0.05) is 23.1 Å². The molecule has 0 saturated heterocycles. The zero-order valence-corrected chi connectivity index (χ0v) is 18.7. The maximum Gasteiger partial charge on any atom is 0.267 e. The summed E-state index contributed by atoms with van der Waals surface area (Å²) >= 11 is 5.89. The second-order valence-corrected chi connectivity index (χ2v) is 8.00. The summed E-state index contributed by atoms with van der Waals surface area (Å²) in [4.78, 5) is 28.9. The van der Waals surface area contributed by atoms with Crippen LogP contribution in [0.2, 0.25) is 5.02 Å². The number of carbonyl (C=O) groups excluding carboxylic acids is 2. The van der Waals surface area contributed by atoms with Crippen LogP contribution in [-0.4, -0.2) is 26.6 Å². The third-order valence-corrected chi connectivity index (χ3v) is 5.59. The van der Waals surface area contributed by atoms with Crippen molar-refractivity contribution < 1.29 is 22.8 Å². The number of halogens is 4. The minimum Gasteiger partial charge on any atom is -0.364 e. The Labute approximate surface area is 196 Å². The Hall–Kier alpha value is -3.92. The summed E-state index contributed by atoms with van der Waals surface area (Å²) in [5.74, 6) is -3.72. The van der Waals surface area contributed by atoms with E-state index in [0.717, 1.165) is 18.2 Å². The number of amides is 2. The van der Waals surface area contributed by atoms with E-state index in [1.54, 1.807) is 13.8 Å². The molecule has 0 atom stereocenters. The number of aromatic nitrogens is 3. The molecule has 34 heavy (non-hydrogen) atoms. The number of nitrogens with one attached hydrogen (secondary N) is 1. The Morgan fingerprint density at radius 1 is 1.09 bits per heavy atom. The lowest BCUT2D eigenvalue weighted by Crippen LogP contribution is -2.18. The van der Waals surface area contributed by atoms with Crippen molar-refractivity contribution in [2.75, 3.05) is 5.32 Å². The van der Waals surface area contributed by atoms with Crippen LogP contribution in [0.3, 0.4) is 0 Å². The highest BCUT2D eigenvalue weighted by Crippen LogP contribution is 2.27. The summed E-state index contributed by atoms with van der Waals surface area (Å²) in [5.41, 5.74) is 6.63. The summed E-state index contributed by atoms with van der Waals surface area (Å²) in [6.07, 6.45) is 0. The number of hydrogen-bond donors (Lipinski definition) is 2. The van der Waals surface area contributed by atoms with Crippen molar-refractivity contribution in [3.8, 4) is 0 Å². The van der Waals surface area contributed by atoms with Crippen molar-refractivity contribution in [1.29, 1.82) is 0 Å². The Morgan fingerprint density at radius 3 is 2.50 bits per heavy atom. The smallest absolute Gasteiger partial charge is 0.267 e. The van der Waals surface area contributed by atoms with Crippen molar-refractivity contribution in [2.24, 2.45) is 5.73 Å². The molecule has 11 heteroatoms. The zero-order chi connectivity index (χ0) is 24.7. The third-order valence-electron chi connectivity index (χ3n) is 5.30. The topological polar surface area (TPSA) is 103 Å². The second kappa shape index (κ2) is 8.79. The van der Waals surface area contributed by atoms with Gasteiger partial charge in [-0.15, -0.1) is 0 Å². The van der Waals surface area contributed by atoms with Gasteiger partial charge in [-0.05, 0) is 32.0 Å². The normalized spacial score (nSPS) is 11.1. The minimum atomic E-state index is -0.896. The molecule has 2 aromatic heterocycles. The first kappa shape index (κ1) is 23.2. The van der Waals surface area contributed by atoms with Crippen molar-refractivity contribution in [1.82, 2.24) is 14.8 Å². The molecule has 7 nitrogen and oxygen atoms in total. The van der Waals surface area contributed by atoms with Gasteiger partial charge in [-0.2, -0.15) is 5.10 Å². The van der Waals surface area contributed by atoms with Crippen LogP contribution in [-0.2, 0) is 6.54 Å². The summed E-state index contributed by atoms with van der Waals surface area (Å²) in [7, 11) is 0. The van der Waals surface area contributed by atoms with Crippen molar-refractivity contribution in [3.63, 3.8) is 0 Å². The SMILES string of the molecule is Cc1nn(Cc2ccc(F)cc2F)c(C)c1NC(=O)c1cc(C(N)=O)nc2cc(F)c(Cl)cc12. The summed E-state index contributed by atoms with van der Waals surface area (Å²) in [6, 6.07) is 6.67. The number of pyridine rings is 1. The molecule has 0 spiro atoms. The molecule has 0 unspecified atom stereocenters. The molecule has 0 aliphatic heterocycles. The van der Waals surface area contributed by atoms with Crippen LogP contribution in [0.15, 0.2) is 36.4 Å². The fourth-order valence-corrected chi connectivity index (χ4v) is 3.72. The van der Waals surface area contributed by atoms with E-state index in [0.29, 0.717) is 17.1 Å². The molecule has 4 rings (SSSR count). The number of carbonyl (C=O) groups is 2. The number of anilines is 1. The lowest BCUT2D eigenvalue weighted by Gasteiger charge is -2.11. The molecular formula is C23H17ClF3N5O2. The van der Waals surface area contributed by atoms with E-state index in [1.165, 1.54) is 22.9 Å². The quantitative estimate of drug-likeness (QED) is 0.432. The van der Waals surface area contributed by atoms with Gasteiger partial charge in [-0.3, -0.25) is 14.3 Å². The van der Waals surface area contributed by atoms with Crippen LogP contribution >= 0.6 is 11.6 Å². The summed E-state index contributed by atoms with van der Waals surface area (Å²) in [6.45, 7) is 3.32. The van der Waals surface area contributed by atoms with Crippen molar-refractivity contribution in [2.45, 2.75) is 20.4 Å². The number of nitrogens with zero attached hydrogens (tertiary/aromatic N) is 3. The first-order chi connectivity index (χ1) is 16.0. The Balaban J connectivity index is 1.72. The number of aryl methyl sites for hydroxylation is 1. The number of nitrogens with two attached hydrogens (primary N) is 1. The average Bonchev–Trinajstić information content (AvgIpc) is 3.03. The number of rotatable bonds is 5. The van der Waals surface area contributed by atoms with Crippen LogP contribution in [0.4, 0.5) is 18.9 Å². The second-order valence-electron chi connectivity index (χ2n) is 7.60. The fourth-order valence-electron chi connectivity index (χ4n) is 3.56. The molecule has 0 aliphatic rings. The Kier molecular flexibility index (Phi) is 6.01. The van der Waals surface area contributed by atoms with E-state index < -0.39 is 29.3 Å². The van der Waals surface area contributed by atoms with Gasteiger partial charge in [0.1, 0.15) is 23.1 Å². The van der Waals surface area contributed by atoms with E-state index in [9.17, 15) is 22.8 Å². The van der Waals surface area contributed by atoms with E-state index in [4.69, 9.17) is 17.3 Å². The molecule has 2 amide bonds. The van der Waals surface area contributed by atoms with Gasteiger partial charge < -0.3 is 11.1 Å². The maximum atomic E-state index is 14.1. The lowest BCUT2D eigenvalue weighted by atomic mass is 10.1. The van der Waals surface area contributed by atoms with Crippen LogP contribution in [0, 0.1) is 31.3 Å². The molecule has 0 fully saturated rings. The molecule has 0 saturated carbocycles. The van der Waals surface area contributed by atoms with E-state index in [-0.39, 0.29) is 39.3 Å². The van der Waals surface area contributed by atoms with Crippen LogP contribution in [0.25, 0.3) is 10.9 Å². The molecular weight excluding hydrogens is 471 g/mol. The summed E-state index contributed by atoms with van der Waals surface area (Å²) < 4.78 is 42.7. The van der Waals surface area contributed by atoms with Crippen molar-refractivity contribution in [3.05, 3.63) is 87.1 Å². The average molecular weight is 488 g/mol. The molecule has 0 radical (unpaired) electrons. The van der Waals surface area contributed by atoms with E-state index >= 15 is 0 Å². The van der Waals surface area contributed by atoms with Gasteiger partial charge in [-0.25, -0.2) is 18.2 Å². The standard InChI is InChI=1S/C23H17ClF3N5O2/c1-10-21(11(2)32(31-10)9-12-3-4-13(25)5-17(12)26)30-23(34)15-7-20(22(28)33)29-19-8-18(27)16(24)6-14(15)19/h3-8H,9H2,1-2H3,(H2,28,33)(H,30,34). The maximum absolute atomic E-state index is 14.1. The first-order valence-electron chi connectivity index (χ1n) is 9.94. The number of fused-ring (bicyclic) bond motifs is 1. The largest absolute Gasteiger partial charge is 0.364 e. The predicted octanol–water partition coefficient (Wildman–Crippen LogP) is 4.52. The van der Waals surface area contributed by atoms with Gasteiger partial charge in [0.25, 0.3) is 11.8 Å². The number of hydrogen-bond acceptors (Lipinski definition) is 4.